The lowest BCUT2D eigenvalue weighted by molar-refractivity contribution is 0.0537. The first kappa shape index (κ1) is 18.7. The van der Waals surface area contributed by atoms with Crippen LogP contribution in [0, 0.1) is 5.92 Å². The van der Waals surface area contributed by atoms with Gasteiger partial charge in [-0.2, -0.15) is 0 Å². The first-order chi connectivity index (χ1) is 14.6. The molecule has 2 aliphatic rings. The highest BCUT2D eigenvalue weighted by Crippen LogP contribution is 2.29. The Morgan fingerprint density at radius 1 is 0.967 bits per heavy atom. The Labute approximate surface area is 172 Å². The Kier molecular flexibility index (Phi) is 4.67. The number of para-hydroxylation sites is 1. The second-order valence-electron chi connectivity index (χ2n) is 7.69. The maximum Gasteiger partial charge on any atom is 0.347 e. The minimum Gasteiger partial charge on any atom is -0.403 e. The summed E-state index contributed by atoms with van der Waals surface area (Å²) in [5, 5.41) is 0.396. The fourth-order valence-electron chi connectivity index (χ4n) is 4.12. The Morgan fingerprint density at radius 2 is 1.73 bits per heavy atom. The number of benzene rings is 2. The first-order valence-corrected chi connectivity index (χ1v) is 10.1. The minimum absolute atomic E-state index is 0.127. The fraction of sp³-hybridized carbons (Fsp3) is 0.304. The monoisotopic (exact) mass is 404 g/mol. The van der Waals surface area contributed by atoms with Gasteiger partial charge in [-0.15, -0.1) is 0 Å². The van der Waals surface area contributed by atoms with Gasteiger partial charge in [-0.05, 0) is 55.5 Å². The molecular formula is C23H20N2O5. The second-order valence-corrected chi connectivity index (χ2v) is 7.69. The molecule has 3 heterocycles. The molecule has 0 spiro atoms. The van der Waals surface area contributed by atoms with Crippen molar-refractivity contribution in [3.8, 4) is 11.5 Å². The molecule has 152 valence electrons. The predicted octanol–water partition coefficient (Wildman–Crippen LogP) is 3.27. The number of nitrogens with zero attached hydrogens (tertiary/aromatic N) is 2. The molecule has 7 nitrogen and oxygen atoms in total. The lowest BCUT2D eigenvalue weighted by Gasteiger charge is -2.23. The molecule has 7 heteroatoms. The molecule has 1 saturated heterocycles. The SMILES string of the molecule is O=C1c2ccc(-c3nc4ccccc4c(=O)o3)cc2C(=O)N1CCC1CCOCC1. The molecule has 1 aromatic heterocycles. The summed E-state index contributed by atoms with van der Waals surface area (Å²) in [5.74, 6) is 0.00526. The van der Waals surface area contributed by atoms with Crippen molar-refractivity contribution in [3.05, 3.63) is 64.0 Å². The molecule has 3 aromatic rings. The third-order valence-corrected chi connectivity index (χ3v) is 5.85. The van der Waals surface area contributed by atoms with Gasteiger partial charge in [0, 0.05) is 25.3 Å². The van der Waals surface area contributed by atoms with Crippen molar-refractivity contribution in [1.82, 2.24) is 9.88 Å². The Balaban J connectivity index is 1.43. The zero-order valence-electron chi connectivity index (χ0n) is 16.3. The van der Waals surface area contributed by atoms with Gasteiger partial charge in [0.1, 0.15) is 0 Å². The van der Waals surface area contributed by atoms with Crippen molar-refractivity contribution in [1.29, 1.82) is 0 Å². The van der Waals surface area contributed by atoms with E-state index in [-0.39, 0.29) is 17.7 Å². The molecule has 0 bridgehead atoms. The Morgan fingerprint density at radius 3 is 2.57 bits per heavy atom. The van der Waals surface area contributed by atoms with E-state index in [2.05, 4.69) is 4.98 Å². The van der Waals surface area contributed by atoms with Crippen molar-refractivity contribution in [2.75, 3.05) is 19.8 Å². The average molecular weight is 404 g/mol. The molecule has 0 saturated carbocycles. The summed E-state index contributed by atoms with van der Waals surface area (Å²) in [7, 11) is 0. The third-order valence-electron chi connectivity index (χ3n) is 5.85. The maximum atomic E-state index is 12.9. The first-order valence-electron chi connectivity index (χ1n) is 10.1. The summed E-state index contributed by atoms with van der Waals surface area (Å²) < 4.78 is 10.7. The van der Waals surface area contributed by atoms with Gasteiger partial charge in [-0.1, -0.05) is 12.1 Å². The molecule has 2 aliphatic heterocycles. The van der Waals surface area contributed by atoms with Gasteiger partial charge in [-0.3, -0.25) is 14.5 Å². The smallest absolute Gasteiger partial charge is 0.347 e. The number of aromatic nitrogens is 1. The fourth-order valence-corrected chi connectivity index (χ4v) is 4.12. The van der Waals surface area contributed by atoms with Gasteiger partial charge in [0.05, 0.1) is 22.0 Å². The number of fused-ring (bicyclic) bond motifs is 2. The van der Waals surface area contributed by atoms with E-state index in [1.807, 2.05) is 0 Å². The van der Waals surface area contributed by atoms with Crippen LogP contribution in [0.5, 0.6) is 0 Å². The van der Waals surface area contributed by atoms with Gasteiger partial charge in [0.2, 0.25) is 5.89 Å². The van der Waals surface area contributed by atoms with E-state index >= 15 is 0 Å². The van der Waals surface area contributed by atoms with Gasteiger partial charge in [-0.25, -0.2) is 9.78 Å². The van der Waals surface area contributed by atoms with Crippen LogP contribution in [0.1, 0.15) is 40.0 Å². The van der Waals surface area contributed by atoms with E-state index in [0.717, 1.165) is 32.5 Å². The molecular weight excluding hydrogens is 384 g/mol. The Bertz CT molecular complexity index is 1210. The van der Waals surface area contributed by atoms with Crippen LogP contribution in [-0.2, 0) is 4.74 Å². The van der Waals surface area contributed by atoms with Crippen LogP contribution in [0.3, 0.4) is 0 Å². The van der Waals surface area contributed by atoms with Crippen molar-refractivity contribution in [3.63, 3.8) is 0 Å². The van der Waals surface area contributed by atoms with Gasteiger partial charge in [0.15, 0.2) is 0 Å². The molecule has 0 unspecified atom stereocenters. The maximum absolute atomic E-state index is 12.9. The number of hydrogen-bond donors (Lipinski definition) is 0. The van der Waals surface area contributed by atoms with Crippen LogP contribution in [0.2, 0.25) is 0 Å². The Hall–Kier alpha value is -3.32. The van der Waals surface area contributed by atoms with E-state index in [0.29, 0.717) is 40.1 Å². The van der Waals surface area contributed by atoms with E-state index in [1.54, 1.807) is 42.5 Å². The van der Waals surface area contributed by atoms with Gasteiger partial charge >= 0.3 is 5.63 Å². The second kappa shape index (κ2) is 7.50. The lowest BCUT2D eigenvalue weighted by Crippen LogP contribution is -2.32. The van der Waals surface area contributed by atoms with E-state index in [1.165, 1.54) is 4.90 Å². The quantitative estimate of drug-likeness (QED) is 0.620. The third kappa shape index (κ3) is 3.21. The van der Waals surface area contributed by atoms with Crippen LogP contribution >= 0.6 is 0 Å². The van der Waals surface area contributed by atoms with E-state index < -0.39 is 5.63 Å². The molecule has 30 heavy (non-hydrogen) atoms. The van der Waals surface area contributed by atoms with E-state index in [4.69, 9.17) is 9.15 Å². The molecule has 5 rings (SSSR count). The topological polar surface area (TPSA) is 89.7 Å². The largest absolute Gasteiger partial charge is 0.403 e. The van der Waals surface area contributed by atoms with E-state index in [9.17, 15) is 14.4 Å². The number of rotatable bonds is 4. The predicted molar refractivity (Wildman–Crippen MR) is 109 cm³/mol. The van der Waals surface area contributed by atoms with Crippen molar-refractivity contribution in [2.45, 2.75) is 19.3 Å². The standard InChI is InChI=1S/C23H20N2O5/c26-21-16-6-5-15(20-24-19-4-2-1-3-17(19)23(28)30-20)13-18(16)22(27)25(21)10-7-14-8-11-29-12-9-14/h1-6,13-14H,7-12H2. The lowest BCUT2D eigenvalue weighted by atomic mass is 9.96. The van der Waals surface area contributed by atoms with Crippen LogP contribution < -0.4 is 5.63 Å². The summed E-state index contributed by atoms with van der Waals surface area (Å²) in [5.41, 5.74) is 1.21. The number of carbonyl (C=O) groups excluding carboxylic acids is 2. The van der Waals surface area contributed by atoms with Crippen LogP contribution in [0.4, 0.5) is 0 Å². The number of ether oxygens (including phenoxy) is 1. The summed E-state index contributed by atoms with van der Waals surface area (Å²) in [6, 6.07) is 11.8. The number of hydrogen-bond acceptors (Lipinski definition) is 6. The van der Waals surface area contributed by atoms with Crippen molar-refractivity contribution < 1.29 is 18.7 Å². The molecule has 0 atom stereocenters. The highest BCUT2D eigenvalue weighted by Gasteiger charge is 2.36. The molecule has 2 amide bonds. The van der Waals surface area contributed by atoms with Crippen LogP contribution in [0.15, 0.2) is 51.7 Å². The zero-order chi connectivity index (χ0) is 20.7. The number of imide groups is 1. The summed E-state index contributed by atoms with van der Waals surface area (Å²) in [6.45, 7) is 1.87. The molecule has 0 aliphatic carbocycles. The van der Waals surface area contributed by atoms with Crippen molar-refractivity contribution in [2.24, 2.45) is 5.92 Å². The highest BCUT2D eigenvalue weighted by atomic mass is 16.5. The minimum atomic E-state index is -0.489. The van der Waals surface area contributed by atoms with Crippen LogP contribution in [-0.4, -0.2) is 41.5 Å². The average Bonchev–Trinajstić information content (AvgIpc) is 3.02. The zero-order valence-corrected chi connectivity index (χ0v) is 16.3. The molecule has 0 N–H and O–H groups in total. The normalized spacial score (nSPS) is 17.0. The number of amides is 2. The van der Waals surface area contributed by atoms with Gasteiger partial charge < -0.3 is 9.15 Å². The van der Waals surface area contributed by atoms with Crippen molar-refractivity contribution >= 4 is 22.7 Å². The number of carbonyl (C=O) groups is 2. The molecule has 1 fully saturated rings. The van der Waals surface area contributed by atoms with Crippen LogP contribution in [0.25, 0.3) is 22.4 Å². The summed E-state index contributed by atoms with van der Waals surface area (Å²) in [4.78, 5) is 43.6. The molecule has 0 radical (unpaired) electrons. The highest BCUT2D eigenvalue weighted by molar-refractivity contribution is 6.21. The summed E-state index contributed by atoms with van der Waals surface area (Å²) in [6.07, 6.45) is 2.70. The summed E-state index contributed by atoms with van der Waals surface area (Å²) >= 11 is 0. The van der Waals surface area contributed by atoms with Gasteiger partial charge in [0.25, 0.3) is 11.8 Å². The molecule has 2 aromatic carbocycles.